The molecule has 0 radical (unpaired) electrons. The third kappa shape index (κ3) is 2.90. The van der Waals surface area contributed by atoms with E-state index in [2.05, 4.69) is 5.32 Å². The zero-order valence-corrected chi connectivity index (χ0v) is 16.0. The molecule has 1 aliphatic rings. The highest BCUT2D eigenvalue weighted by Crippen LogP contribution is 2.40. The summed E-state index contributed by atoms with van der Waals surface area (Å²) in [6, 6.07) is 6.98. The molecule has 1 heterocycles. The zero-order valence-electron chi connectivity index (χ0n) is 15.2. The van der Waals surface area contributed by atoms with Gasteiger partial charge in [-0.25, -0.2) is 9.59 Å². The van der Waals surface area contributed by atoms with Gasteiger partial charge < -0.3 is 14.8 Å². The van der Waals surface area contributed by atoms with Crippen molar-refractivity contribution in [2.24, 2.45) is 0 Å². The number of esters is 2. The summed E-state index contributed by atoms with van der Waals surface area (Å²) in [6.45, 7) is 4.45. The number of hydrogen-bond acceptors (Lipinski definition) is 6. The number of carbonyl (C=O) groups excluding carboxylic acids is 3. The Hall–Kier alpha value is -2.60. The van der Waals surface area contributed by atoms with Crippen LogP contribution in [0, 0.1) is 0 Å². The Morgan fingerprint density at radius 3 is 2.19 bits per heavy atom. The van der Waals surface area contributed by atoms with Crippen LogP contribution in [0.5, 0.6) is 0 Å². The van der Waals surface area contributed by atoms with Crippen molar-refractivity contribution in [1.82, 2.24) is 5.32 Å². The van der Waals surface area contributed by atoms with Crippen molar-refractivity contribution in [3.63, 3.8) is 0 Å². The monoisotopic (exact) mass is 377 g/mol. The number of hydrogen-bond donors (Lipinski definition) is 1. The molecule has 0 spiro atoms. The van der Waals surface area contributed by atoms with Crippen molar-refractivity contribution >= 4 is 34.9 Å². The SMILES string of the molecule is COC(=O)C1=C(C)[C@](C(C)=O)(C(=O)OC)NC(C)=C1c1ccccc1Cl. The maximum atomic E-state index is 12.6. The second-order valence-electron chi connectivity index (χ2n) is 5.89. The second kappa shape index (κ2) is 7.33. The Kier molecular flexibility index (Phi) is 5.56. The van der Waals surface area contributed by atoms with Crippen LogP contribution in [0.2, 0.25) is 5.02 Å². The van der Waals surface area contributed by atoms with Gasteiger partial charge in [-0.2, -0.15) is 0 Å². The van der Waals surface area contributed by atoms with E-state index in [1.54, 1.807) is 31.2 Å². The average molecular weight is 378 g/mol. The smallest absolute Gasteiger partial charge is 0.343 e. The first-order chi connectivity index (χ1) is 12.2. The number of allylic oxidation sites excluding steroid dienone is 1. The van der Waals surface area contributed by atoms with E-state index in [0.717, 1.165) is 0 Å². The number of nitrogens with one attached hydrogen (secondary N) is 1. The number of Topliss-reactive ketones (excluding diaryl/α,β-unsaturated/α-hetero) is 1. The molecule has 0 saturated carbocycles. The van der Waals surface area contributed by atoms with Crippen LogP contribution in [0.15, 0.2) is 41.1 Å². The molecule has 1 N–H and O–H groups in total. The van der Waals surface area contributed by atoms with Crippen molar-refractivity contribution in [3.05, 3.63) is 51.7 Å². The summed E-state index contributed by atoms with van der Waals surface area (Å²) in [5.41, 5.74) is 0.000605. The third-order valence-electron chi connectivity index (χ3n) is 4.49. The van der Waals surface area contributed by atoms with Crippen LogP contribution in [0.1, 0.15) is 26.3 Å². The van der Waals surface area contributed by atoms with E-state index in [-0.39, 0.29) is 11.1 Å². The number of halogens is 1. The number of ketones is 1. The number of methoxy groups -OCH3 is 2. The molecule has 2 rings (SSSR count). The maximum Gasteiger partial charge on any atom is 0.343 e. The van der Waals surface area contributed by atoms with Crippen LogP contribution in [0.25, 0.3) is 5.57 Å². The number of benzene rings is 1. The number of ether oxygens (including phenoxy) is 2. The molecule has 0 fully saturated rings. The highest BCUT2D eigenvalue weighted by Gasteiger charge is 2.51. The van der Waals surface area contributed by atoms with Crippen molar-refractivity contribution in [2.75, 3.05) is 14.2 Å². The fourth-order valence-corrected chi connectivity index (χ4v) is 3.44. The second-order valence-corrected chi connectivity index (χ2v) is 6.30. The van der Waals surface area contributed by atoms with Crippen molar-refractivity contribution < 1.29 is 23.9 Å². The van der Waals surface area contributed by atoms with E-state index >= 15 is 0 Å². The Labute approximate surface area is 156 Å². The van der Waals surface area contributed by atoms with Gasteiger partial charge in [-0.05, 0) is 32.4 Å². The number of carbonyl (C=O) groups is 3. The van der Waals surface area contributed by atoms with Gasteiger partial charge in [0.25, 0.3) is 0 Å². The summed E-state index contributed by atoms with van der Waals surface area (Å²) in [5, 5.41) is 3.37. The number of dihydropyridines is 1. The fraction of sp³-hybridized carbons (Fsp3) is 0.316. The predicted molar refractivity (Wildman–Crippen MR) is 97.3 cm³/mol. The molecule has 0 amide bonds. The van der Waals surface area contributed by atoms with E-state index in [1.807, 2.05) is 0 Å². The van der Waals surface area contributed by atoms with Crippen LogP contribution in [0.4, 0.5) is 0 Å². The molecule has 6 nitrogen and oxygen atoms in total. The maximum absolute atomic E-state index is 12.6. The molecule has 0 bridgehead atoms. The summed E-state index contributed by atoms with van der Waals surface area (Å²) >= 11 is 6.31. The molecule has 1 aliphatic heterocycles. The van der Waals surface area contributed by atoms with Gasteiger partial charge in [0.15, 0.2) is 5.78 Å². The molecular formula is C19H20ClNO5. The molecular weight excluding hydrogens is 358 g/mol. The lowest BCUT2D eigenvalue weighted by molar-refractivity contribution is -0.150. The molecule has 7 heteroatoms. The lowest BCUT2D eigenvalue weighted by Gasteiger charge is -2.38. The van der Waals surface area contributed by atoms with Gasteiger partial charge in [-0.1, -0.05) is 29.8 Å². The van der Waals surface area contributed by atoms with Crippen LogP contribution in [0.3, 0.4) is 0 Å². The Bertz CT molecular complexity index is 855. The molecule has 0 aliphatic carbocycles. The molecule has 0 unspecified atom stereocenters. The van der Waals surface area contributed by atoms with E-state index in [0.29, 0.717) is 21.9 Å². The Morgan fingerprint density at radius 1 is 1.08 bits per heavy atom. The molecule has 138 valence electrons. The fourth-order valence-electron chi connectivity index (χ4n) is 3.21. The minimum atomic E-state index is -1.80. The quantitative estimate of drug-likeness (QED) is 0.641. The lowest BCUT2D eigenvalue weighted by atomic mass is 9.76. The predicted octanol–water partition coefficient (Wildman–Crippen LogP) is 2.66. The lowest BCUT2D eigenvalue weighted by Crippen LogP contribution is -2.60. The van der Waals surface area contributed by atoms with Gasteiger partial charge in [-0.15, -0.1) is 0 Å². The first-order valence-corrected chi connectivity index (χ1v) is 8.23. The minimum Gasteiger partial charge on any atom is -0.467 e. The van der Waals surface area contributed by atoms with Gasteiger partial charge in [0.2, 0.25) is 5.54 Å². The van der Waals surface area contributed by atoms with E-state index in [4.69, 9.17) is 21.1 Å². The van der Waals surface area contributed by atoms with Gasteiger partial charge >= 0.3 is 11.9 Å². The van der Waals surface area contributed by atoms with E-state index in [9.17, 15) is 14.4 Å². The van der Waals surface area contributed by atoms with Gasteiger partial charge in [0.1, 0.15) is 0 Å². The highest BCUT2D eigenvalue weighted by atomic mass is 35.5. The van der Waals surface area contributed by atoms with E-state index < -0.39 is 23.3 Å². The molecule has 0 saturated heterocycles. The zero-order chi connectivity index (χ0) is 19.6. The minimum absolute atomic E-state index is 0.109. The Balaban J connectivity index is 2.88. The van der Waals surface area contributed by atoms with Crippen LogP contribution in [-0.2, 0) is 23.9 Å². The topological polar surface area (TPSA) is 81.7 Å². The van der Waals surface area contributed by atoms with Gasteiger partial charge in [-0.3, -0.25) is 4.79 Å². The van der Waals surface area contributed by atoms with Gasteiger partial charge in [0.05, 0.1) is 19.8 Å². The van der Waals surface area contributed by atoms with E-state index in [1.165, 1.54) is 28.1 Å². The van der Waals surface area contributed by atoms with Crippen LogP contribution >= 0.6 is 11.6 Å². The van der Waals surface area contributed by atoms with Crippen molar-refractivity contribution in [3.8, 4) is 0 Å². The van der Waals surface area contributed by atoms with Crippen LogP contribution < -0.4 is 5.32 Å². The number of rotatable bonds is 4. The van der Waals surface area contributed by atoms with Gasteiger partial charge in [0, 0.05) is 21.9 Å². The summed E-state index contributed by atoms with van der Waals surface area (Å²) in [7, 11) is 2.42. The third-order valence-corrected chi connectivity index (χ3v) is 4.82. The summed E-state index contributed by atoms with van der Waals surface area (Å²) < 4.78 is 9.76. The highest BCUT2D eigenvalue weighted by molar-refractivity contribution is 6.33. The summed E-state index contributed by atoms with van der Waals surface area (Å²) in [5.74, 6) is -1.98. The first-order valence-electron chi connectivity index (χ1n) is 7.85. The summed E-state index contributed by atoms with van der Waals surface area (Å²) in [4.78, 5) is 37.5. The Morgan fingerprint density at radius 2 is 1.69 bits per heavy atom. The molecule has 1 atom stereocenters. The average Bonchev–Trinajstić information content (AvgIpc) is 2.62. The van der Waals surface area contributed by atoms with Crippen LogP contribution in [-0.4, -0.2) is 37.5 Å². The van der Waals surface area contributed by atoms with Crippen molar-refractivity contribution in [1.29, 1.82) is 0 Å². The summed E-state index contributed by atoms with van der Waals surface area (Å²) in [6.07, 6.45) is 0. The molecule has 1 aromatic rings. The standard InChI is InChI=1S/C19H20ClNO5/c1-10-15(17(23)25-4)16(13-8-6-7-9-14(13)20)11(2)21-19(10,12(3)22)18(24)26-5/h6-9,21H,1-5H3/t19-/m0/s1. The molecule has 0 aromatic heterocycles. The molecule has 26 heavy (non-hydrogen) atoms. The normalized spacial score (nSPS) is 19.8. The largest absolute Gasteiger partial charge is 0.467 e. The van der Waals surface area contributed by atoms with Crippen molar-refractivity contribution in [2.45, 2.75) is 26.3 Å². The molecule has 1 aromatic carbocycles. The first kappa shape index (κ1) is 19.7.